The van der Waals surface area contributed by atoms with E-state index in [9.17, 15) is 65.1 Å². The molecular weight excluding hydrogens is 688 g/mol. The lowest BCUT2D eigenvalue weighted by atomic mass is 9.87. The Bertz CT molecular complexity index is 2090. The van der Waals surface area contributed by atoms with Crippen LogP contribution in [0.2, 0.25) is 0 Å². The molecule has 4 aromatic rings. The maximum Gasteiger partial charge on any atom is 0.345 e. The Morgan fingerprint density at radius 1 is 0.635 bits per heavy atom. The van der Waals surface area contributed by atoms with Gasteiger partial charge in [0.2, 0.25) is 12.2 Å². The molecule has 16 nitrogen and oxygen atoms in total. The van der Waals surface area contributed by atoms with E-state index in [1.54, 1.807) is 0 Å². The Kier molecular flexibility index (Phi) is 10.3. The summed E-state index contributed by atoms with van der Waals surface area (Å²) < 4.78 is 16.5. The van der Waals surface area contributed by atoms with Gasteiger partial charge >= 0.3 is 23.9 Å². The van der Waals surface area contributed by atoms with Crippen LogP contribution in [0.4, 0.5) is 0 Å². The van der Waals surface area contributed by atoms with Gasteiger partial charge in [-0.1, -0.05) is 24.3 Å². The van der Waals surface area contributed by atoms with Crippen LogP contribution in [0, 0.1) is 0 Å². The van der Waals surface area contributed by atoms with E-state index >= 15 is 0 Å². The molecule has 1 aliphatic heterocycles. The van der Waals surface area contributed by atoms with Crippen molar-refractivity contribution in [1.29, 1.82) is 0 Å². The fourth-order valence-electron chi connectivity index (χ4n) is 5.49. The number of aromatic hydroxyl groups is 7. The topological polar surface area (TPSA) is 278 Å². The zero-order valence-corrected chi connectivity index (χ0v) is 26.6. The van der Waals surface area contributed by atoms with Gasteiger partial charge < -0.3 is 60.2 Å². The molecule has 52 heavy (non-hydrogen) atoms. The minimum Gasteiger partial charge on any atom is -0.504 e. The van der Waals surface area contributed by atoms with E-state index in [0.717, 1.165) is 54.6 Å². The van der Waals surface area contributed by atoms with E-state index in [4.69, 9.17) is 14.2 Å². The molecule has 4 aromatic carbocycles. The summed E-state index contributed by atoms with van der Waals surface area (Å²) in [5.41, 5.74) is 0.445. The van der Waals surface area contributed by atoms with Crippen LogP contribution >= 0.6 is 0 Å². The maximum atomic E-state index is 13.9. The van der Waals surface area contributed by atoms with Gasteiger partial charge in [0.05, 0.1) is 0 Å². The summed E-state index contributed by atoms with van der Waals surface area (Å²) in [5, 5.41) is 89.1. The third kappa shape index (κ3) is 7.86. The lowest BCUT2D eigenvalue weighted by Crippen LogP contribution is -2.33. The number of ether oxygens (including phenoxy) is 3. The first kappa shape index (κ1) is 36.2. The first-order valence-electron chi connectivity index (χ1n) is 15.2. The summed E-state index contributed by atoms with van der Waals surface area (Å²) >= 11 is 0. The number of rotatable bonds is 12. The van der Waals surface area contributed by atoms with Gasteiger partial charge in [0, 0.05) is 24.5 Å². The zero-order chi connectivity index (χ0) is 37.9. The molecule has 0 aromatic heterocycles. The van der Waals surface area contributed by atoms with Crippen molar-refractivity contribution >= 4 is 30.0 Å². The number of carboxylic acids is 2. The molecule has 0 saturated carbocycles. The summed E-state index contributed by atoms with van der Waals surface area (Å²) in [4.78, 5) is 50.9. The number of benzene rings is 4. The first-order chi connectivity index (χ1) is 24.6. The van der Waals surface area contributed by atoms with Gasteiger partial charge in [-0.2, -0.15) is 0 Å². The second kappa shape index (κ2) is 14.8. The lowest BCUT2D eigenvalue weighted by molar-refractivity contribution is -0.166. The van der Waals surface area contributed by atoms with E-state index < -0.39 is 94.8 Å². The van der Waals surface area contributed by atoms with Crippen molar-refractivity contribution in [2.45, 2.75) is 37.1 Å². The molecular formula is C36H30O16. The molecule has 9 N–H and O–H groups in total. The number of carboxylic acid groups (broad SMARTS) is 2. The van der Waals surface area contributed by atoms with Crippen molar-refractivity contribution in [2.24, 2.45) is 0 Å². The molecule has 0 bridgehead atoms. The minimum absolute atomic E-state index is 0.0443. The highest BCUT2D eigenvalue weighted by molar-refractivity contribution is 5.92. The quantitative estimate of drug-likeness (QED) is 0.0577. The normalized spacial score (nSPS) is 16.0. The van der Waals surface area contributed by atoms with E-state index in [1.165, 1.54) is 24.3 Å². The summed E-state index contributed by atoms with van der Waals surface area (Å²) in [6.45, 7) is 0. The Balaban J connectivity index is 1.47. The first-order valence-corrected chi connectivity index (χ1v) is 15.2. The van der Waals surface area contributed by atoms with Gasteiger partial charge in [-0.15, -0.1) is 0 Å². The second-order valence-corrected chi connectivity index (χ2v) is 11.6. The average Bonchev–Trinajstić information content (AvgIpc) is 3.50. The van der Waals surface area contributed by atoms with Crippen molar-refractivity contribution < 1.29 is 79.3 Å². The number of fused-ring (bicyclic) bond motifs is 1. The molecule has 0 unspecified atom stereocenters. The smallest absolute Gasteiger partial charge is 0.345 e. The Morgan fingerprint density at radius 2 is 1.13 bits per heavy atom. The SMILES string of the molecule is O=C(C=Cc1ccc(O)c2c1[C@H](C(=O)O[C@H](Cc1ccc(O)c(O)c1)C(=O)O)[C@@H](c1ccc(O)c(O)c1)O2)O[C@@H](Cc1ccc(O)c(O)c1)C(=O)O. The average molecular weight is 719 g/mol. The zero-order valence-electron chi connectivity index (χ0n) is 26.6. The fraction of sp³-hybridized carbons (Fsp3) is 0.167. The number of hydrogen-bond donors (Lipinski definition) is 9. The van der Waals surface area contributed by atoms with Gasteiger partial charge in [0.1, 0.15) is 12.0 Å². The van der Waals surface area contributed by atoms with E-state index in [1.807, 2.05) is 0 Å². The summed E-state index contributed by atoms with van der Waals surface area (Å²) in [5.74, 6) is -10.8. The predicted molar refractivity (Wildman–Crippen MR) is 175 cm³/mol. The highest BCUT2D eigenvalue weighted by Gasteiger charge is 2.46. The third-order valence-electron chi connectivity index (χ3n) is 8.04. The highest BCUT2D eigenvalue weighted by Crippen LogP contribution is 2.53. The summed E-state index contributed by atoms with van der Waals surface area (Å²) in [6.07, 6.45) is -3.85. The molecule has 16 heteroatoms. The van der Waals surface area contributed by atoms with Gasteiger partial charge in [0.15, 0.2) is 46.0 Å². The van der Waals surface area contributed by atoms with Gasteiger partial charge in [0.25, 0.3) is 0 Å². The van der Waals surface area contributed by atoms with Crippen LogP contribution in [0.15, 0.2) is 72.8 Å². The fourth-order valence-corrected chi connectivity index (χ4v) is 5.49. The number of aliphatic carboxylic acids is 2. The van der Waals surface area contributed by atoms with Crippen LogP contribution in [0.25, 0.3) is 6.08 Å². The molecule has 0 amide bonds. The second-order valence-electron chi connectivity index (χ2n) is 11.6. The molecule has 0 aliphatic carbocycles. The number of esters is 2. The summed E-state index contributed by atoms with van der Waals surface area (Å²) in [6, 6.07) is 13.0. The third-order valence-corrected chi connectivity index (χ3v) is 8.04. The maximum absolute atomic E-state index is 13.9. The number of hydrogen-bond acceptors (Lipinski definition) is 14. The molecule has 0 saturated heterocycles. The van der Waals surface area contributed by atoms with Crippen LogP contribution in [0.5, 0.6) is 46.0 Å². The number of phenolic OH excluding ortho intramolecular Hbond substituents is 7. The predicted octanol–water partition coefficient (Wildman–Crippen LogP) is 3.33. The Labute approximate surface area is 292 Å². The van der Waals surface area contributed by atoms with Gasteiger partial charge in [-0.05, 0) is 70.8 Å². The monoisotopic (exact) mass is 718 g/mol. The van der Waals surface area contributed by atoms with Crippen molar-refractivity contribution in [3.05, 3.63) is 101 Å². The highest BCUT2D eigenvalue weighted by atomic mass is 16.6. The van der Waals surface area contributed by atoms with E-state index in [2.05, 4.69) is 0 Å². The molecule has 4 atom stereocenters. The van der Waals surface area contributed by atoms with Crippen LogP contribution in [0.3, 0.4) is 0 Å². The largest absolute Gasteiger partial charge is 0.504 e. The minimum atomic E-state index is -1.84. The molecule has 1 aliphatic rings. The lowest BCUT2D eigenvalue weighted by Gasteiger charge is -2.22. The Hall–Kier alpha value is -7.10. The van der Waals surface area contributed by atoms with Crippen molar-refractivity contribution in [3.63, 3.8) is 0 Å². The molecule has 5 rings (SSSR count). The van der Waals surface area contributed by atoms with Crippen molar-refractivity contribution in [2.75, 3.05) is 0 Å². The molecule has 0 spiro atoms. The van der Waals surface area contributed by atoms with Crippen LogP contribution in [-0.4, -0.2) is 82.0 Å². The van der Waals surface area contributed by atoms with E-state index in [-0.39, 0.29) is 40.0 Å². The molecule has 0 radical (unpaired) electrons. The van der Waals surface area contributed by atoms with E-state index in [0.29, 0.717) is 0 Å². The molecule has 270 valence electrons. The van der Waals surface area contributed by atoms with Crippen LogP contribution < -0.4 is 4.74 Å². The molecule has 1 heterocycles. The number of phenols is 7. The van der Waals surface area contributed by atoms with Crippen LogP contribution in [0.1, 0.15) is 39.8 Å². The Morgan fingerprint density at radius 3 is 1.65 bits per heavy atom. The van der Waals surface area contributed by atoms with Gasteiger partial charge in [-0.3, -0.25) is 4.79 Å². The summed E-state index contributed by atoms with van der Waals surface area (Å²) in [7, 11) is 0. The molecule has 0 fully saturated rings. The number of carbonyl (C=O) groups is 4. The number of carbonyl (C=O) groups excluding carboxylic acids is 2. The van der Waals surface area contributed by atoms with Crippen molar-refractivity contribution in [3.8, 4) is 46.0 Å². The van der Waals surface area contributed by atoms with Crippen LogP contribution in [-0.2, 0) is 41.5 Å². The van der Waals surface area contributed by atoms with Gasteiger partial charge in [-0.25, -0.2) is 14.4 Å². The standard InChI is InChI=1S/C36H30O16/c37-20-6-1-16(11-24(20)41)13-27(34(45)46)50-29(44)10-5-18-3-9-23(40)33-30(18)31(32(52-33)19-4-8-22(39)26(43)15-19)36(49)51-28(35(47)48)14-17-2-7-21(38)25(42)12-17/h1-12,15,27-28,31-32,37-43H,13-14H2,(H,45,46)(H,47,48)/t27-,28+,31-,32+/m0/s1. The van der Waals surface area contributed by atoms with Crippen molar-refractivity contribution in [1.82, 2.24) is 0 Å².